The Kier molecular flexibility index (Phi) is 2.48. The number of nitrogens with one attached hydrogen (secondary N) is 1. The lowest BCUT2D eigenvalue weighted by Crippen LogP contribution is -1.95. The molecule has 0 saturated carbocycles. The van der Waals surface area contributed by atoms with E-state index in [0.717, 1.165) is 27.6 Å². The van der Waals surface area contributed by atoms with Gasteiger partial charge in [-0.25, -0.2) is 9.97 Å². The summed E-state index contributed by atoms with van der Waals surface area (Å²) in [7, 11) is 0. The monoisotopic (exact) mass is 291 g/mol. The Labute approximate surface area is 106 Å². The Morgan fingerprint density at radius 1 is 1.41 bits per heavy atom. The van der Waals surface area contributed by atoms with E-state index in [4.69, 9.17) is 4.42 Å². The van der Waals surface area contributed by atoms with Crippen molar-refractivity contribution in [3.05, 3.63) is 34.8 Å². The van der Waals surface area contributed by atoms with Gasteiger partial charge in [0.05, 0.1) is 17.3 Å². The first-order chi connectivity index (χ1) is 8.29. The van der Waals surface area contributed by atoms with E-state index in [-0.39, 0.29) is 0 Å². The van der Waals surface area contributed by atoms with Gasteiger partial charge in [-0.2, -0.15) is 0 Å². The van der Waals surface area contributed by atoms with E-state index >= 15 is 0 Å². The Bertz CT molecular complexity index is 658. The molecular formula is C12H10BrN3O. The van der Waals surface area contributed by atoms with Gasteiger partial charge in [-0.3, -0.25) is 0 Å². The standard InChI is InChI=1S/C12H10BrN3O/c1-2-8-10-7(13)6-14-12(10)16-11(15-8)9-4-3-5-17-9/h3-6H,2H2,1H3,(H,14,15,16). The zero-order chi connectivity index (χ0) is 11.8. The van der Waals surface area contributed by atoms with E-state index in [1.165, 1.54) is 0 Å². The van der Waals surface area contributed by atoms with E-state index in [9.17, 15) is 0 Å². The molecule has 0 unspecified atom stereocenters. The van der Waals surface area contributed by atoms with E-state index in [0.29, 0.717) is 11.6 Å². The van der Waals surface area contributed by atoms with Crippen molar-refractivity contribution in [3.63, 3.8) is 0 Å². The summed E-state index contributed by atoms with van der Waals surface area (Å²) >= 11 is 3.50. The van der Waals surface area contributed by atoms with Crippen molar-refractivity contribution < 1.29 is 4.42 Å². The van der Waals surface area contributed by atoms with Crippen LogP contribution in [0.25, 0.3) is 22.6 Å². The van der Waals surface area contributed by atoms with Crippen molar-refractivity contribution in [2.24, 2.45) is 0 Å². The third-order valence-corrected chi connectivity index (χ3v) is 3.26. The van der Waals surface area contributed by atoms with Gasteiger partial charge in [0.25, 0.3) is 0 Å². The molecule has 0 bridgehead atoms. The lowest BCUT2D eigenvalue weighted by molar-refractivity contribution is 0.577. The number of hydrogen-bond acceptors (Lipinski definition) is 3. The summed E-state index contributed by atoms with van der Waals surface area (Å²) in [6, 6.07) is 3.69. The Balaban J connectivity index is 2.29. The minimum atomic E-state index is 0.619. The maximum atomic E-state index is 5.32. The molecule has 3 aromatic rings. The average Bonchev–Trinajstić information content (AvgIpc) is 2.98. The molecule has 3 aromatic heterocycles. The molecule has 0 aliphatic heterocycles. The summed E-state index contributed by atoms with van der Waals surface area (Å²) < 4.78 is 6.32. The van der Waals surface area contributed by atoms with Crippen LogP contribution in [0, 0.1) is 0 Å². The minimum Gasteiger partial charge on any atom is -0.461 e. The van der Waals surface area contributed by atoms with Crippen molar-refractivity contribution in [2.45, 2.75) is 13.3 Å². The van der Waals surface area contributed by atoms with Crippen LogP contribution in [0.15, 0.2) is 33.5 Å². The van der Waals surface area contributed by atoms with E-state index in [2.05, 4.69) is 37.8 Å². The normalized spacial score (nSPS) is 11.2. The largest absolute Gasteiger partial charge is 0.461 e. The van der Waals surface area contributed by atoms with Gasteiger partial charge in [0, 0.05) is 10.7 Å². The van der Waals surface area contributed by atoms with Crippen LogP contribution in [-0.2, 0) is 6.42 Å². The zero-order valence-electron chi connectivity index (χ0n) is 9.20. The molecule has 0 aliphatic carbocycles. The predicted molar refractivity (Wildman–Crippen MR) is 68.7 cm³/mol. The van der Waals surface area contributed by atoms with Gasteiger partial charge in [0.1, 0.15) is 5.65 Å². The molecule has 86 valence electrons. The van der Waals surface area contributed by atoms with Gasteiger partial charge in [0.15, 0.2) is 11.6 Å². The first-order valence-corrected chi connectivity index (χ1v) is 6.16. The minimum absolute atomic E-state index is 0.619. The Morgan fingerprint density at radius 3 is 3.00 bits per heavy atom. The third-order valence-electron chi connectivity index (χ3n) is 2.63. The highest BCUT2D eigenvalue weighted by Crippen LogP contribution is 2.27. The second-order valence-electron chi connectivity index (χ2n) is 3.68. The number of fused-ring (bicyclic) bond motifs is 1. The number of aryl methyl sites for hydroxylation is 1. The van der Waals surface area contributed by atoms with Crippen molar-refractivity contribution in [1.29, 1.82) is 0 Å². The van der Waals surface area contributed by atoms with Crippen LogP contribution in [0.4, 0.5) is 0 Å². The molecule has 1 N–H and O–H groups in total. The summed E-state index contributed by atoms with van der Waals surface area (Å²) in [6.45, 7) is 2.08. The molecule has 4 nitrogen and oxygen atoms in total. The third kappa shape index (κ3) is 1.67. The van der Waals surface area contributed by atoms with Crippen LogP contribution in [0.1, 0.15) is 12.6 Å². The molecule has 0 radical (unpaired) electrons. The summed E-state index contributed by atoms with van der Waals surface area (Å²) in [5, 5.41) is 1.04. The number of aromatic amines is 1. The molecule has 0 fully saturated rings. The maximum Gasteiger partial charge on any atom is 0.197 e. The Morgan fingerprint density at radius 2 is 2.29 bits per heavy atom. The smallest absolute Gasteiger partial charge is 0.197 e. The zero-order valence-corrected chi connectivity index (χ0v) is 10.8. The van der Waals surface area contributed by atoms with Gasteiger partial charge in [0.2, 0.25) is 0 Å². The fraction of sp³-hybridized carbons (Fsp3) is 0.167. The number of hydrogen-bond donors (Lipinski definition) is 1. The highest BCUT2D eigenvalue weighted by Gasteiger charge is 2.13. The number of nitrogens with zero attached hydrogens (tertiary/aromatic N) is 2. The topological polar surface area (TPSA) is 54.7 Å². The van der Waals surface area contributed by atoms with Crippen LogP contribution in [0.2, 0.25) is 0 Å². The number of aromatic nitrogens is 3. The lowest BCUT2D eigenvalue weighted by Gasteiger charge is -2.02. The van der Waals surface area contributed by atoms with Crippen LogP contribution in [0.5, 0.6) is 0 Å². The van der Waals surface area contributed by atoms with Gasteiger partial charge < -0.3 is 9.40 Å². The number of halogens is 1. The van der Waals surface area contributed by atoms with Crippen LogP contribution >= 0.6 is 15.9 Å². The van der Waals surface area contributed by atoms with Crippen molar-refractivity contribution in [2.75, 3.05) is 0 Å². The molecular weight excluding hydrogens is 282 g/mol. The van der Waals surface area contributed by atoms with Crippen LogP contribution in [0.3, 0.4) is 0 Å². The van der Waals surface area contributed by atoms with Gasteiger partial charge in [-0.1, -0.05) is 6.92 Å². The summed E-state index contributed by atoms with van der Waals surface area (Å²) in [5.74, 6) is 1.31. The van der Waals surface area contributed by atoms with Crippen LogP contribution in [-0.4, -0.2) is 15.0 Å². The summed E-state index contributed by atoms with van der Waals surface area (Å²) in [6.07, 6.45) is 4.35. The lowest BCUT2D eigenvalue weighted by atomic mass is 10.2. The molecule has 0 spiro atoms. The number of H-pyrrole nitrogens is 1. The van der Waals surface area contributed by atoms with Gasteiger partial charge >= 0.3 is 0 Å². The molecule has 3 heterocycles. The number of rotatable bonds is 2. The van der Waals surface area contributed by atoms with Crippen molar-refractivity contribution >= 4 is 27.0 Å². The van der Waals surface area contributed by atoms with E-state index in [1.54, 1.807) is 6.26 Å². The second kappa shape index (κ2) is 4.00. The number of furan rings is 1. The van der Waals surface area contributed by atoms with E-state index < -0.39 is 0 Å². The highest BCUT2D eigenvalue weighted by molar-refractivity contribution is 9.10. The molecule has 17 heavy (non-hydrogen) atoms. The first kappa shape index (κ1) is 10.5. The summed E-state index contributed by atoms with van der Waals surface area (Å²) in [4.78, 5) is 12.1. The summed E-state index contributed by atoms with van der Waals surface area (Å²) in [5.41, 5.74) is 1.84. The predicted octanol–water partition coefficient (Wildman–Crippen LogP) is 3.54. The van der Waals surface area contributed by atoms with Gasteiger partial charge in [-0.15, -0.1) is 0 Å². The van der Waals surface area contributed by atoms with Gasteiger partial charge in [-0.05, 0) is 34.5 Å². The molecule has 0 atom stereocenters. The fourth-order valence-corrected chi connectivity index (χ4v) is 2.37. The molecule has 0 aromatic carbocycles. The van der Waals surface area contributed by atoms with Crippen molar-refractivity contribution in [3.8, 4) is 11.6 Å². The average molecular weight is 292 g/mol. The molecule has 0 aliphatic rings. The van der Waals surface area contributed by atoms with Crippen LogP contribution < -0.4 is 0 Å². The quantitative estimate of drug-likeness (QED) is 0.786. The fourth-order valence-electron chi connectivity index (χ4n) is 1.84. The first-order valence-electron chi connectivity index (χ1n) is 5.37. The Hall–Kier alpha value is -1.62. The maximum absolute atomic E-state index is 5.32. The molecule has 5 heteroatoms. The molecule has 3 rings (SSSR count). The second-order valence-corrected chi connectivity index (χ2v) is 4.54. The molecule has 0 amide bonds. The molecule has 0 saturated heterocycles. The van der Waals surface area contributed by atoms with Crippen molar-refractivity contribution in [1.82, 2.24) is 15.0 Å². The highest BCUT2D eigenvalue weighted by atomic mass is 79.9. The van der Waals surface area contributed by atoms with E-state index in [1.807, 2.05) is 18.3 Å². The SMILES string of the molecule is CCc1nc(-c2ccco2)nc2[nH]cc(Br)c12.